The molecule has 0 unspecified atom stereocenters. The van der Waals surface area contributed by atoms with Crippen molar-refractivity contribution in [2.45, 2.75) is 20.4 Å². The molecule has 0 radical (unpaired) electrons. The van der Waals surface area contributed by atoms with Gasteiger partial charge in [0.25, 0.3) is 0 Å². The van der Waals surface area contributed by atoms with Crippen molar-refractivity contribution in [3.8, 4) is 11.6 Å². The number of hydrogen-bond acceptors (Lipinski definition) is 5. The number of thiophene rings is 1. The fraction of sp³-hybridized carbons (Fsp3) is 0.222. The number of aryl methyl sites for hydroxylation is 1. The van der Waals surface area contributed by atoms with Crippen molar-refractivity contribution in [3.63, 3.8) is 0 Å². The van der Waals surface area contributed by atoms with Crippen LogP contribution in [0.5, 0.6) is 11.6 Å². The summed E-state index contributed by atoms with van der Waals surface area (Å²) in [5.74, 6) is 0.913. The van der Waals surface area contributed by atoms with Gasteiger partial charge in [0.2, 0.25) is 5.88 Å². The number of ether oxygens (including phenoxy) is 2. The minimum absolute atomic E-state index is 0.363. The Bertz CT molecular complexity index is 810. The van der Waals surface area contributed by atoms with Gasteiger partial charge < -0.3 is 9.47 Å². The van der Waals surface area contributed by atoms with Crippen LogP contribution in [0.3, 0.4) is 0 Å². The predicted molar refractivity (Wildman–Crippen MR) is 92.9 cm³/mol. The Morgan fingerprint density at radius 1 is 1.17 bits per heavy atom. The summed E-state index contributed by atoms with van der Waals surface area (Å²) in [5, 5.41) is 6.29. The van der Waals surface area contributed by atoms with E-state index in [1.54, 1.807) is 10.7 Å². The first-order valence-corrected chi connectivity index (χ1v) is 8.50. The lowest BCUT2D eigenvalue weighted by Crippen LogP contribution is -2.15. The van der Waals surface area contributed by atoms with E-state index in [0.29, 0.717) is 23.9 Å². The standard InChI is InChI=1S/C18H18N2O3S/c1-13-14(2)19-20(10-11-22-15-7-4-3-5-8-15)17(13)23-18(21)16-9-6-12-24-16/h3-9,12H,10-11H2,1-2H3. The Kier molecular flexibility index (Phi) is 4.96. The maximum atomic E-state index is 12.2. The van der Waals surface area contributed by atoms with E-state index in [2.05, 4.69) is 5.10 Å². The molecule has 1 aromatic carbocycles. The van der Waals surface area contributed by atoms with Crippen molar-refractivity contribution < 1.29 is 14.3 Å². The van der Waals surface area contributed by atoms with E-state index in [4.69, 9.17) is 9.47 Å². The summed E-state index contributed by atoms with van der Waals surface area (Å²) in [6.07, 6.45) is 0. The molecule has 0 spiro atoms. The van der Waals surface area contributed by atoms with Crippen LogP contribution in [0.2, 0.25) is 0 Å². The minimum atomic E-state index is -0.363. The molecule has 2 aromatic heterocycles. The second-order valence-electron chi connectivity index (χ2n) is 5.27. The molecule has 5 nitrogen and oxygen atoms in total. The number of aromatic nitrogens is 2. The average Bonchev–Trinajstić information content (AvgIpc) is 3.21. The van der Waals surface area contributed by atoms with Gasteiger partial charge in [-0.15, -0.1) is 11.3 Å². The van der Waals surface area contributed by atoms with E-state index in [1.165, 1.54) is 11.3 Å². The smallest absolute Gasteiger partial charge is 0.355 e. The third kappa shape index (κ3) is 3.65. The predicted octanol–water partition coefficient (Wildman–Crippen LogP) is 3.86. The molecular weight excluding hydrogens is 324 g/mol. The van der Waals surface area contributed by atoms with Crippen LogP contribution in [-0.2, 0) is 6.54 Å². The zero-order valence-electron chi connectivity index (χ0n) is 13.6. The van der Waals surface area contributed by atoms with Crippen molar-refractivity contribution in [2.75, 3.05) is 6.61 Å². The molecule has 124 valence electrons. The van der Waals surface area contributed by atoms with Gasteiger partial charge in [-0.25, -0.2) is 9.48 Å². The third-order valence-electron chi connectivity index (χ3n) is 3.60. The van der Waals surface area contributed by atoms with Crippen LogP contribution >= 0.6 is 11.3 Å². The highest BCUT2D eigenvalue weighted by Gasteiger charge is 2.18. The average molecular weight is 342 g/mol. The molecule has 0 atom stereocenters. The topological polar surface area (TPSA) is 53.4 Å². The first-order valence-electron chi connectivity index (χ1n) is 7.62. The summed E-state index contributed by atoms with van der Waals surface area (Å²) in [6, 6.07) is 13.2. The van der Waals surface area contributed by atoms with Gasteiger partial charge in [-0.05, 0) is 37.4 Å². The maximum Gasteiger partial charge on any atom is 0.355 e. The molecule has 0 saturated carbocycles. The second-order valence-corrected chi connectivity index (χ2v) is 6.21. The molecular formula is C18H18N2O3S. The van der Waals surface area contributed by atoms with Crippen molar-refractivity contribution in [1.82, 2.24) is 9.78 Å². The van der Waals surface area contributed by atoms with Crippen LogP contribution in [-0.4, -0.2) is 22.4 Å². The second kappa shape index (κ2) is 7.31. The molecule has 0 bridgehead atoms. The molecule has 3 aromatic rings. The molecule has 3 rings (SSSR count). The summed E-state index contributed by atoms with van der Waals surface area (Å²) >= 11 is 1.36. The number of benzene rings is 1. The van der Waals surface area contributed by atoms with Gasteiger partial charge in [-0.2, -0.15) is 5.10 Å². The van der Waals surface area contributed by atoms with Crippen molar-refractivity contribution in [1.29, 1.82) is 0 Å². The Balaban J connectivity index is 1.69. The highest BCUT2D eigenvalue weighted by molar-refractivity contribution is 7.12. The number of rotatable bonds is 6. The summed E-state index contributed by atoms with van der Waals surface area (Å²) in [7, 11) is 0. The summed E-state index contributed by atoms with van der Waals surface area (Å²) in [5.41, 5.74) is 1.70. The number of para-hydroxylation sites is 1. The molecule has 0 amide bonds. The monoisotopic (exact) mass is 342 g/mol. The van der Waals surface area contributed by atoms with Crippen LogP contribution in [0.25, 0.3) is 0 Å². The molecule has 24 heavy (non-hydrogen) atoms. The normalized spacial score (nSPS) is 10.6. The summed E-state index contributed by atoms with van der Waals surface area (Å²) < 4.78 is 12.9. The third-order valence-corrected chi connectivity index (χ3v) is 4.45. The molecule has 0 aliphatic heterocycles. The lowest BCUT2D eigenvalue weighted by atomic mass is 10.3. The van der Waals surface area contributed by atoms with E-state index in [1.807, 2.05) is 55.6 Å². The Morgan fingerprint density at radius 3 is 2.67 bits per heavy atom. The fourth-order valence-electron chi connectivity index (χ4n) is 2.23. The van der Waals surface area contributed by atoms with Gasteiger partial charge in [0.1, 0.15) is 17.2 Å². The molecule has 0 aliphatic carbocycles. The molecule has 0 saturated heterocycles. The van der Waals surface area contributed by atoms with Crippen LogP contribution < -0.4 is 9.47 Å². The molecule has 0 N–H and O–H groups in total. The molecule has 2 heterocycles. The number of hydrogen-bond donors (Lipinski definition) is 0. The highest BCUT2D eigenvalue weighted by Crippen LogP contribution is 2.23. The van der Waals surface area contributed by atoms with Gasteiger partial charge >= 0.3 is 5.97 Å². The fourth-order valence-corrected chi connectivity index (χ4v) is 2.83. The largest absolute Gasteiger partial charge is 0.492 e. The molecule has 6 heteroatoms. The zero-order chi connectivity index (χ0) is 16.9. The van der Waals surface area contributed by atoms with Gasteiger partial charge in [-0.1, -0.05) is 24.3 Å². The van der Waals surface area contributed by atoms with Crippen LogP contribution in [0.1, 0.15) is 20.9 Å². The molecule has 0 fully saturated rings. The molecule has 0 aliphatic rings. The summed E-state index contributed by atoms with van der Waals surface area (Å²) in [4.78, 5) is 12.8. The van der Waals surface area contributed by atoms with Gasteiger partial charge in [-0.3, -0.25) is 0 Å². The maximum absolute atomic E-state index is 12.2. The van der Waals surface area contributed by atoms with Crippen LogP contribution in [0, 0.1) is 13.8 Å². The lowest BCUT2D eigenvalue weighted by molar-refractivity contribution is 0.0720. The Hall–Kier alpha value is -2.60. The van der Waals surface area contributed by atoms with Crippen molar-refractivity contribution >= 4 is 17.3 Å². The number of nitrogens with zero attached hydrogens (tertiary/aromatic N) is 2. The zero-order valence-corrected chi connectivity index (χ0v) is 14.4. The highest BCUT2D eigenvalue weighted by atomic mass is 32.1. The van der Waals surface area contributed by atoms with Crippen molar-refractivity contribution in [2.24, 2.45) is 0 Å². The van der Waals surface area contributed by atoms with Crippen LogP contribution in [0.15, 0.2) is 47.8 Å². The first-order chi connectivity index (χ1) is 11.6. The Labute approximate surface area is 144 Å². The number of carbonyl (C=O) groups excluding carboxylic acids is 1. The summed E-state index contributed by atoms with van der Waals surface area (Å²) in [6.45, 7) is 4.73. The Morgan fingerprint density at radius 2 is 1.96 bits per heavy atom. The van der Waals surface area contributed by atoms with Crippen LogP contribution in [0.4, 0.5) is 0 Å². The number of carbonyl (C=O) groups is 1. The van der Waals surface area contributed by atoms with Gasteiger partial charge in [0.15, 0.2) is 0 Å². The minimum Gasteiger partial charge on any atom is -0.492 e. The quantitative estimate of drug-likeness (QED) is 0.638. The lowest BCUT2D eigenvalue weighted by Gasteiger charge is -2.09. The first kappa shape index (κ1) is 16.3. The van der Waals surface area contributed by atoms with Crippen molar-refractivity contribution in [3.05, 3.63) is 64.0 Å². The van der Waals surface area contributed by atoms with E-state index in [0.717, 1.165) is 17.0 Å². The van der Waals surface area contributed by atoms with E-state index < -0.39 is 0 Å². The van der Waals surface area contributed by atoms with E-state index >= 15 is 0 Å². The van der Waals surface area contributed by atoms with E-state index in [9.17, 15) is 4.79 Å². The van der Waals surface area contributed by atoms with E-state index in [-0.39, 0.29) is 5.97 Å². The van der Waals surface area contributed by atoms with Gasteiger partial charge in [0.05, 0.1) is 12.2 Å². The van der Waals surface area contributed by atoms with Gasteiger partial charge in [0, 0.05) is 5.56 Å². The SMILES string of the molecule is Cc1nn(CCOc2ccccc2)c(OC(=O)c2cccs2)c1C. The number of esters is 1.